The van der Waals surface area contributed by atoms with Crippen LogP contribution in [0.3, 0.4) is 0 Å². The molecule has 0 aliphatic rings. The van der Waals surface area contributed by atoms with Gasteiger partial charge in [-0.2, -0.15) is 0 Å². The lowest BCUT2D eigenvalue weighted by Gasteiger charge is -2.18. The highest BCUT2D eigenvalue weighted by atomic mass is 16.6. The third-order valence-corrected chi connectivity index (χ3v) is 13.0. The van der Waals surface area contributed by atoms with Crippen LogP contribution < -0.4 is 0 Å². The van der Waals surface area contributed by atoms with E-state index in [0.29, 0.717) is 19.3 Å². The molecular formula is C57H110O6. The van der Waals surface area contributed by atoms with Crippen molar-refractivity contribution in [3.8, 4) is 0 Å². The molecule has 0 unspecified atom stereocenters. The minimum absolute atomic E-state index is 0.0631. The summed E-state index contributed by atoms with van der Waals surface area (Å²) in [7, 11) is 0. The Hall–Kier alpha value is -1.59. The van der Waals surface area contributed by atoms with E-state index in [1.54, 1.807) is 0 Å². The van der Waals surface area contributed by atoms with E-state index in [0.717, 1.165) is 69.6 Å². The summed E-state index contributed by atoms with van der Waals surface area (Å²) in [6.45, 7) is 11.4. The predicted octanol–water partition coefficient (Wildman–Crippen LogP) is 18.5. The number of carbonyl (C=O) groups excluding carboxylic acids is 3. The number of rotatable bonds is 51. The summed E-state index contributed by atoms with van der Waals surface area (Å²) in [5, 5.41) is 0. The van der Waals surface area contributed by atoms with Gasteiger partial charge in [0.2, 0.25) is 0 Å². The fourth-order valence-electron chi connectivity index (χ4n) is 8.70. The zero-order valence-electron chi connectivity index (χ0n) is 43.2. The molecule has 0 aromatic rings. The van der Waals surface area contributed by atoms with E-state index in [9.17, 15) is 14.4 Å². The molecule has 374 valence electrons. The van der Waals surface area contributed by atoms with Crippen LogP contribution in [0.4, 0.5) is 0 Å². The third kappa shape index (κ3) is 51.3. The molecule has 0 rings (SSSR count). The SMILES string of the molecule is CCCCCCCCCCCCC(=O)OC[C@@H](COC(=O)CCCCCCCCCCCCCC(C)C)OC(=O)CCCCCCCCCCCCCCCCCCCCC(C)C. The third-order valence-electron chi connectivity index (χ3n) is 13.0. The van der Waals surface area contributed by atoms with Gasteiger partial charge < -0.3 is 14.2 Å². The molecule has 0 radical (unpaired) electrons. The normalized spacial score (nSPS) is 12.0. The van der Waals surface area contributed by atoms with Crippen LogP contribution in [0.5, 0.6) is 0 Å². The molecule has 0 saturated carbocycles. The summed E-state index contributed by atoms with van der Waals surface area (Å²) in [5.74, 6) is 0.842. The molecule has 0 aliphatic heterocycles. The molecule has 0 N–H and O–H groups in total. The van der Waals surface area contributed by atoms with Crippen LogP contribution in [0.15, 0.2) is 0 Å². The van der Waals surface area contributed by atoms with Crippen molar-refractivity contribution in [2.45, 2.75) is 323 Å². The second-order valence-electron chi connectivity index (χ2n) is 20.5. The van der Waals surface area contributed by atoms with Crippen molar-refractivity contribution in [1.29, 1.82) is 0 Å². The second-order valence-corrected chi connectivity index (χ2v) is 20.5. The zero-order valence-corrected chi connectivity index (χ0v) is 43.2. The molecule has 0 aliphatic carbocycles. The van der Waals surface area contributed by atoms with Gasteiger partial charge in [-0.1, -0.05) is 279 Å². The lowest BCUT2D eigenvalue weighted by Crippen LogP contribution is -2.30. The predicted molar refractivity (Wildman–Crippen MR) is 270 cm³/mol. The average molecular weight is 892 g/mol. The van der Waals surface area contributed by atoms with Crippen molar-refractivity contribution < 1.29 is 28.6 Å². The van der Waals surface area contributed by atoms with Gasteiger partial charge in [0, 0.05) is 19.3 Å². The van der Waals surface area contributed by atoms with Gasteiger partial charge in [-0.25, -0.2) is 0 Å². The van der Waals surface area contributed by atoms with E-state index in [-0.39, 0.29) is 31.1 Å². The standard InChI is InChI=1S/C57H110O6/c1-6-7-8-9-10-11-27-32-37-42-47-55(58)61-50-54(51-62-56(59)48-43-38-33-28-24-20-22-26-31-36-41-46-53(4)5)63-57(60)49-44-39-34-29-23-19-17-15-13-12-14-16-18-21-25-30-35-40-45-52(2)3/h52-54H,6-51H2,1-5H3/t54-/m0/s1. The van der Waals surface area contributed by atoms with E-state index < -0.39 is 6.10 Å². The van der Waals surface area contributed by atoms with E-state index in [4.69, 9.17) is 14.2 Å². The maximum absolute atomic E-state index is 12.8. The fraction of sp³-hybridized carbons (Fsp3) is 0.947. The highest BCUT2D eigenvalue weighted by molar-refractivity contribution is 5.71. The molecule has 6 heteroatoms. The largest absolute Gasteiger partial charge is 0.462 e. The van der Waals surface area contributed by atoms with Crippen LogP contribution in [-0.4, -0.2) is 37.2 Å². The Bertz CT molecular complexity index is 962. The molecule has 6 nitrogen and oxygen atoms in total. The highest BCUT2D eigenvalue weighted by Gasteiger charge is 2.19. The highest BCUT2D eigenvalue weighted by Crippen LogP contribution is 2.18. The van der Waals surface area contributed by atoms with Crippen LogP contribution in [0.1, 0.15) is 317 Å². The minimum atomic E-state index is -0.761. The van der Waals surface area contributed by atoms with Gasteiger partial charge in [0.15, 0.2) is 6.10 Å². The molecular weight excluding hydrogens is 781 g/mol. The van der Waals surface area contributed by atoms with Crippen LogP contribution in [0.2, 0.25) is 0 Å². The molecule has 0 heterocycles. The maximum atomic E-state index is 12.8. The van der Waals surface area contributed by atoms with Gasteiger partial charge in [0.25, 0.3) is 0 Å². The lowest BCUT2D eigenvalue weighted by molar-refractivity contribution is -0.167. The minimum Gasteiger partial charge on any atom is -0.462 e. The Morgan fingerprint density at radius 3 is 0.778 bits per heavy atom. The number of hydrogen-bond donors (Lipinski definition) is 0. The van der Waals surface area contributed by atoms with Crippen molar-refractivity contribution in [3.63, 3.8) is 0 Å². The maximum Gasteiger partial charge on any atom is 0.306 e. The Kier molecular flexibility index (Phi) is 48.6. The van der Waals surface area contributed by atoms with Crippen molar-refractivity contribution in [3.05, 3.63) is 0 Å². The second kappa shape index (κ2) is 49.8. The number of ether oxygens (including phenoxy) is 3. The monoisotopic (exact) mass is 891 g/mol. The van der Waals surface area contributed by atoms with Gasteiger partial charge in [-0.3, -0.25) is 14.4 Å². The first kappa shape index (κ1) is 61.4. The number of carbonyl (C=O) groups is 3. The van der Waals surface area contributed by atoms with E-state index in [2.05, 4.69) is 34.6 Å². The van der Waals surface area contributed by atoms with Crippen LogP contribution in [0.25, 0.3) is 0 Å². The van der Waals surface area contributed by atoms with Gasteiger partial charge >= 0.3 is 17.9 Å². The summed E-state index contributed by atoms with van der Waals surface area (Å²) < 4.78 is 16.8. The van der Waals surface area contributed by atoms with Gasteiger partial charge in [0.05, 0.1) is 0 Å². The Balaban J connectivity index is 4.22. The fourth-order valence-corrected chi connectivity index (χ4v) is 8.70. The quantitative estimate of drug-likeness (QED) is 0.0344. The Morgan fingerprint density at radius 2 is 0.524 bits per heavy atom. The summed E-state index contributed by atoms with van der Waals surface area (Å²) in [6, 6.07) is 0. The lowest BCUT2D eigenvalue weighted by atomic mass is 10.0. The molecule has 0 amide bonds. The van der Waals surface area contributed by atoms with E-state index in [1.165, 1.54) is 205 Å². The smallest absolute Gasteiger partial charge is 0.306 e. The Labute approximate surface area is 393 Å². The molecule has 63 heavy (non-hydrogen) atoms. The van der Waals surface area contributed by atoms with Crippen LogP contribution >= 0.6 is 0 Å². The summed E-state index contributed by atoms with van der Waals surface area (Å²) in [4.78, 5) is 38.0. The molecule has 0 fully saturated rings. The average Bonchev–Trinajstić information content (AvgIpc) is 3.25. The molecule has 0 saturated heterocycles. The first-order valence-electron chi connectivity index (χ1n) is 28.2. The number of unbranched alkanes of at least 4 members (excludes halogenated alkanes) is 36. The first-order valence-corrected chi connectivity index (χ1v) is 28.2. The van der Waals surface area contributed by atoms with Gasteiger partial charge in [0.1, 0.15) is 13.2 Å². The summed E-state index contributed by atoms with van der Waals surface area (Å²) >= 11 is 0. The summed E-state index contributed by atoms with van der Waals surface area (Å²) in [5.41, 5.74) is 0. The van der Waals surface area contributed by atoms with Crippen molar-refractivity contribution >= 4 is 17.9 Å². The zero-order chi connectivity index (χ0) is 46.1. The molecule has 1 atom stereocenters. The first-order chi connectivity index (χ1) is 30.7. The number of esters is 3. The van der Waals surface area contributed by atoms with Crippen LogP contribution in [-0.2, 0) is 28.6 Å². The van der Waals surface area contributed by atoms with E-state index >= 15 is 0 Å². The van der Waals surface area contributed by atoms with Gasteiger partial charge in [-0.15, -0.1) is 0 Å². The Morgan fingerprint density at radius 1 is 0.302 bits per heavy atom. The topological polar surface area (TPSA) is 78.9 Å². The molecule has 0 spiro atoms. The summed E-state index contributed by atoms with van der Waals surface area (Å²) in [6.07, 6.45) is 52.4. The van der Waals surface area contributed by atoms with Crippen LogP contribution in [0, 0.1) is 11.8 Å². The van der Waals surface area contributed by atoms with Crippen molar-refractivity contribution in [2.75, 3.05) is 13.2 Å². The number of hydrogen-bond acceptors (Lipinski definition) is 6. The molecule has 0 bridgehead atoms. The van der Waals surface area contributed by atoms with Crippen molar-refractivity contribution in [1.82, 2.24) is 0 Å². The van der Waals surface area contributed by atoms with Crippen molar-refractivity contribution in [2.24, 2.45) is 11.8 Å². The van der Waals surface area contributed by atoms with E-state index in [1.807, 2.05) is 0 Å². The van der Waals surface area contributed by atoms with Gasteiger partial charge in [-0.05, 0) is 31.1 Å². The molecule has 0 aromatic carbocycles. The molecule has 0 aromatic heterocycles.